The van der Waals surface area contributed by atoms with E-state index in [2.05, 4.69) is 21.8 Å². The number of hydrogen-bond donors (Lipinski definition) is 1. The van der Waals surface area contributed by atoms with E-state index in [1.165, 1.54) is 5.56 Å². The number of ether oxygens (including phenoxy) is 1. The summed E-state index contributed by atoms with van der Waals surface area (Å²) in [5.41, 5.74) is 3.42. The zero-order valence-electron chi connectivity index (χ0n) is 15.1. The summed E-state index contributed by atoms with van der Waals surface area (Å²) in [5.74, 6) is 0. The number of morpholine rings is 1. The Morgan fingerprint density at radius 2 is 1.73 bits per heavy atom. The largest absolute Gasteiger partial charge is 0.379 e. The van der Waals surface area contributed by atoms with E-state index >= 15 is 0 Å². The first-order valence-electron chi connectivity index (χ1n) is 9.08. The molecule has 5 nitrogen and oxygen atoms in total. The molecule has 0 amide bonds. The van der Waals surface area contributed by atoms with E-state index in [9.17, 15) is 8.42 Å². The summed E-state index contributed by atoms with van der Waals surface area (Å²) in [7, 11) is -3.43. The Morgan fingerprint density at radius 3 is 2.42 bits per heavy atom. The van der Waals surface area contributed by atoms with Gasteiger partial charge in [-0.25, -0.2) is 13.1 Å². The Hall–Kier alpha value is -1.73. The lowest BCUT2D eigenvalue weighted by molar-refractivity contribution is 0.0342. The zero-order valence-corrected chi connectivity index (χ0v) is 16.0. The van der Waals surface area contributed by atoms with Crippen LogP contribution >= 0.6 is 0 Å². The van der Waals surface area contributed by atoms with E-state index in [0.29, 0.717) is 11.4 Å². The predicted octanol–water partition coefficient (Wildman–Crippen LogP) is 2.87. The van der Waals surface area contributed by atoms with Gasteiger partial charge in [-0.2, -0.15) is 0 Å². The molecule has 2 aromatic carbocycles. The molecule has 1 fully saturated rings. The normalized spacial score (nSPS) is 15.9. The third-order valence-corrected chi connectivity index (χ3v) is 6.01. The molecule has 0 aromatic heterocycles. The van der Waals surface area contributed by atoms with Crippen molar-refractivity contribution in [3.05, 3.63) is 54.1 Å². The molecule has 0 aliphatic carbocycles. The number of nitrogens with one attached hydrogen (secondary N) is 1. The van der Waals surface area contributed by atoms with Crippen LogP contribution in [0.2, 0.25) is 0 Å². The Kier molecular flexibility index (Phi) is 6.43. The Balaban J connectivity index is 1.81. The molecule has 1 aliphatic rings. The third-order valence-electron chi connectivity index (χ3n) is 4.53. The Morgan fingerprint density at radius 1 is 1.04 bits per heavy atom. The van der Waals surface area contributed by atoms with Crippen LogP contribution in [-0.4, -0.2) is 46.2 Å². The minimum atomic E-state index is -3.43. The van der Waals surface area contributed by atoms with Crippen LogP contribution in [0.5, 0.6) is 0 Å². The van der Waals surface area contributed by atoms with E-state index in [1.807, 2.05) is 31.2 Å². The van der Waals surface area contributed by atoms with Crippen LogP contribution in [0.25, 0.3) is 11.1 Å². The summed E-state index contributed by atoms with van der Waals surface area (Å²) < 4.78 is 32.5. The number of benzene rings is 2. The average Bonchev–Trinajstić information content (AvgIpc) is 2.68. The number of hydrogen-bond acceptors (Lipinski definition) is 4. The van der Waals surface area contributed by atoms with Gasteiger partial charge in [0.1, 0.15) is 0 Å². The molecule has 3 rings (SSSR count). The fraction of sp³-hybridized carbons (Fsp3) is 0.400. The van der Waals surface area contributed by atoms with Gasteiger partial charge in [0.05, 0.1) is 18.1 Å². The van der Waals surface area contributed by atoms with Crippen molar-refractivity contribution in [3.63, 3.8) is 0 Å². The number of sulfonamides is 1. The van der Waals surface area contributed by atoms with Crippen molar-refractivity contribution < 1.29 is 13.2 Å². The van der Waals surface area contributed by atoms with E-state index in [0.717, 1.165) is 50.4 Å². The molecule has 0 bridgehead atoms. The SMILES string of the molecule is CCCNS(=O)(=O)c1ccc(-c2ccccc2CN2CCOCC2)cc1. The van der Waals surface area contributed by atoms with Crippen LogP contribution < -0.4 is 4.72 Å². The van der Waals surface area contributed by atoms with Gasteiger partial charge in [-0.1, -0.05) is 43.3 Å². The molecule has 26 heavy (non-hydrogen) atoms. The second kappa shape index (κ2) is 8.77. The molecule has 1 heterocycles. The van der Waals surface area contributed by atoms with Crippen molar-refractivity contribution >= 4 is 10.0 Å². The van der Waals surface area contributed by atoms with Gasteiger partial charge in [0, 0.05) is 26.2 Å². The molecular weight excluding hydrogens is 348 g/mol. The number of nitrogens with zero attached hydrogens (tertiary/aromatic N) is 1. The maximum Gasteiger partial charge on any atom is 0.240 e. The fourth-order valence-corrected chi connectivity index (χ4v) is 4.21. The first-order chi connectivity index (χ1) is 12.6. The van der Waals surface area contributed by atoms with Gasteiger partial charge >= 0.3 is 0 Å². The van der Waals surface area contributed by atoms with Crippen molar-refractivity contribution in [2.75, 3.05) is 32.8 Å². The lowest BCUT2D eigenvalue weighted by Gasteiger charge is -2.27. The second-order valence-electron chi connectivity index (χ2n) is 6.47. The maximum absolute atomic E-state index is 12.2. The van der Waals surface area contributed by atoms with E-state index < -0.39 is 10.0 Å². The molecular formula is C20H26N2O3S. The van der Waals surface area contributed by atoms with Crippen LogP contribution in [0.1, 0.15) is 18.9 Å². The molecule has 0 atom stereocenters. The van der Waals surface area contributed by atoms with Gasteiger partial charge in [0.2, 0.25) is 10.0 Å². The molecule has 0 unspecified atom stereocenters. The van der Waals surface area contributed by atoms with Crippen LogP contribution in [0.15, 0.2) is 53.4 Å². The van der Waals surface area contributed by atoms with Gasteiger partial charge < -0.3 is 4.74 Å². The first kappa shape index (κ1) is 19.0. The minimum Gasteiger partial charge on any atom is -0.379 e. The topological polar surface area (TPSA) is 58.6 Å². The highest BCUT2D eigenvalue weighted by molar-refractivity contribution is 7.89. The molecule has 0 spiro atoms. The summed E-state index contributed by atoms with van der Waals surface area (Å²) in [6, 6.07) is 15.4. The highest BCUT2D eigenvalue weighted by Crippen LogP contribution is 2.26. The van der Waals surface area contributed by atoms with Crippen molar-refractivity contribution in [1.82, 2.24) is 9.62 Å². The highest BCUT2D eigenvalue weighted by Gasteiger charge is 2.15. The van der Waals surface area contributed by atoms with Gasteiger partial charge in [-0.3, -0.25) is 4.90 Å². The van der Waals surface area contributed by atoms with Gasteiger partial charge in [0.25, 0.3) is 0 Å². The molecule has 1 aliphatic heterocycles. The Labute approximate surface area is 156 Å². The highest BCUT2D eigenvalue weighted by atomic mass is 32.2. The van der Waals surface area contributed by atoms with E-state index in [4.69, 9.17) is 4.74 Å². The van der Waals surface area contributed by atoms with Crippen molar-refractivity contribution in [3.8, 4) is 11.1 Å². The molecule has 1 N–H and O–H groups in total. The van der Waals surface area contributed by atoms with Crippen LogP contribution in [0.4, 0.5) is 0 Å². The van der Waals surface area contributed by atoms with Crippen LogP contribution in [0, 0.1) is 0 Å². The molecule has 140 valence electrons. The van der Waals surface area contributed by atoms with Gasteiger partial charge in [0.15, 0.2) is 0 Å². The minimum absolute atomic E-state index is 0.306. The zero-order chi connectivity index (χ0) is 18.4. The summed E-state index contributed by atoms with van der Waals surface area (Å²) >= 11 is 0. The second-order valence-corrected chi connectivity index (χ2v) is 8.23. The average molecular weight is 375 g/mol. The van der Waals surface area contributed by atoms with Crippen LogP contribution in [0.3, 0.4) is 0 Å². The van der Waals surface area contributed by atoms with Crippen molar-refractivity contribution in [1.29, 1.82) is 0 Å². The van der Waals surface area contributed by atoms with E-state index in [-0.39, 0.29) is 0 Å². The predicted molar refractivity (Wildman–Crippen MR) is 103 cm³/mol. The first-order valence-corrected chi connectivity index (χ1v) is 10.6. The monoisotopic (exact) mass is 374 g/mol. The van der Waals surface area contributed by atoms with Crippen molar-refractivity contribution in [2.24, 2.45) is 0 Å². The third kappa shape index (κ3) is 4.71. The standard InChI is InChI=1S/C20H26N2O3S/c1-2-11-21-26(23,24)19-9-7-17(8-10-19)20-6-4-3-5-18(20)16-22-12-14-25-15-13-22/h3-10,21H,2,11-16H2,1H3. The van der Waals surface area contributed by atoms with Crippen molar-refractivity contribution in [2.45, 2.75) is 24.8 Å². The summed E-state index contributed by atoms with van der Waals surface area (Å²) in [4.78, 5) is 2.69. The molecule has 1 saturated heterocycles. The molecule has 0 radical (unpaired) electrons. The Bertz CT molecular complexity index is 813. The summed E-state index contributed by atoms with van der Waals surface area (Å²) in [6.45, 7) is 6.70. The smallest absolute Gasteiger partial charge is 0.240 e. The maximum atomic E-state index is 12.2. The lowest BCUT2D eigenvalue weighted by Crippen LogP contribution is -2.35. The molecule has 6 heteroatoms. The fourth-order valence-electron chi connectivity index (χ4n) is 3.07. The van der Waals surface area contributed by atoms with Crippen LogP contribution in [-0.2, 0) is 21.3 Å². The number of rotatable bonds is 7. The van der Waals surface area contributed by atoms with E-state index in [1.54, 1.807) is 12.1 Å². The van der Waals surface area contributed by atoms with Gasteiger partial charge in [-0.05, 0) is 35.2 Å². The quantitative estimate of drug-likeness (QED) is 0.810. The lowest BCUT2D eigenvalue weighted by atomic mass is 9.99. The summed E-state index contributed by atoms with van der Waals surface area (Å²) in [6.07, 6.45) is 0.770. The summed E-state index contributed by atoms with van der Waals surface area (Å²) in [5, 5.41) is 0. The van der Waals surface area contributed by atoms with Gasteiger partial charge in [-0.15, -0.1) is 0 Å². The molecule has 2 aromatic rings. The molecule has 0 saturated carbocycles.